The number of nitrogens with one attached hydrogen (secondary N) is 1. The largest absolute Gasteiger partial charge is 0.370 e. The molecule has 3 aromatic rings. The Bertz CT molecular complexity index is 969. The molecular formula is C21H21FN2O2S. The van der Waals surface area contributed by atoms with Gasteiger partial charge >= 0.3 is 0 Å². The van der Waals surface area contributed by atoms with Gasteiger partial charge in [0.25, 0.3) is 0 Å². The predicted octanol–water partition coefficient (Wildman–Crippen LogP) is 3.60. The Hall–Kier alpha value is -2.73. The van der Waals surface area contributed by atoms with Crippen molar-refractivity contribution in [2.75, 3.05) is 7.05 Å². The fourth-order valence-electron chi connectivity index (χ4n) is 3.48. The van der Waals surface area contributed by atoms with E-state index in [1.54, 1.807) is 36.6 Å². The van der Waals surface area contributed by atoms with E-state index >= 15 is 0 Å². The van der Waals surface area contributed by atoms with Crippen molar-refractivity contribution in [2.45, 2.75) is 18.8 Å². The van der Waals surface area contributed by atoms with Crippen LogP contribution in [0.25, 0.3) is 10.1 Å². The van der Waals surface area contributed by atoms with E-state index < -0.39 is 17.7 Å². The number of fused-ring (bicyclic) bond motifs is 1. The molecule has 0 aliphatic rings. The maximum absolute atomic E-state index is 14.2. The van der Waals surface area contributed by atoms with Gasteiger partial charge < -0.3 is 11.1 Å². The highest BCUT2D eigenvalue weighted by Crippen LogP contribution is 2.38. The van der Waals surface area contributed by atoms with Gasteiger partial charge in [-0.05, 0) is 40.4 Å². The zero-order chi connectivity index (χ0) is 19.4. The van der Waals surface area contributed by atoms with E-state index in [2.05, 4.69) is 5.32 Å². The molecule has 0 radical (unpaired) electrons. The SMILES string of the molecule is CNC(=O)[C@H](Cc1ccccc1F)C(CC(N)=O)c1csc2ccccc12. The van der Waals surface area contributed by atoms with Crippen LogP contribution >= 0.6 is 11.3 Å². The topological polar surface area (TPSA) is 72.2 Å². The van der Waals surface area contributed by atoms with Crippen molar-refractivity contribution in [1.29, 1.82) is 0 Å². The number of halogens is 1. The molecule has 1 unspecified atom stereocenters. The molecule has 140 valence electrons. The van der Waals surface area contributed by atoms with E-state index in [4.69, 9.17) is 5.73 Å². The summed E-state index contributed by atoms with van der Waals surface area (Å²) in [6, 6.07) is 14.2. The predicted molar refractivity (Wildman–Crippen MR) is 106 cm³/mol. The summed E-state index contributed by atoms with van der Waals surface area (Å²) in [5.41, 5.74) is 6.85. The van der Waals surface area contributed by atoms with E-state index in [0.29, 0.717) is 5.56 Å². The van der Waals surface area contributed by atoms with E-state index in [9.17, 15) is 14.0 Å². The monoisotopic (exact) mass is 384 g/mol. The van der Waals surface area contributed by atoms with Gasteiger partial charge in [-0.1, -0.05) is 36.4 Å². The number of carbonyl (C=O) groups excluding carboxylic acids is 2. The standard InChI is InChI=1S/C21H21FN2O2S/c1-24-21(26)16(10-13-6-2-4-8-18(13)22)15(11-20(23)25)17-12-27-19-9-5-3-7-14(17)19/h2-9,12,15-16H,10-11H2,1H3,(H2,23,25)(H,24,26)/t15?,16-/m1/s1. The average molecular weight is 384 g/mol. The molecule has 1 heterocycles. The number of amides is 2. The van der Waals surface area contributed by atoms with Crippen LogP contribution in [0, 0.1) is 11.7 Å². The number of hydrogen-bond acceptors (Lipinski definition) is 3. The molecule has 2 atom stereocenters. The summed E-state index contributed by atoms with van der Waals surface area (Å²) in [6.45, 7) is 0. The lowest BCUT2D eigenvalue weighted by Crippen LogP contribution is -2.35. The number of primary amides is 1. The quantitative estimate of drug-likeness (QED) is 0.653. The maximum atomic E-state index is 14.2. The first-order valence-electron chi connectivity index (χ1n) is 8.70. The van der Waals surface area contributed by atoms with Gasteiger partial charge in [0.1, 0.15) is 5.82 Å². The van der Waals surface area contributed by atoms with E-state index in [1.807, 2.05) is 29.6 Å². The van der Waals surface area contributed by atoms with Crippen LogP contribution in [-0.2, 0) is 16.0 Å². The molecule has 0 bridgehead atoms. The molecule has 2 amide bonds. The summed E-state index contributed by atoms with van der Waals surface area (Å²) in [7, 11) is 1.55. The van der Waals surface area contributed by atoms with Crippen molar-refractivity contribution in [3.8, 4) is 0 Å². The summed E-state index contributed by atoms with van der Waals surface area (Å²) >= 11 is 1.56. The lowest BCUT2D eigenvalue weighted by Gasteiger charge is -2.25. The second-order valence-electron chi connectivity index (χ2n) is 6.48. The Labute approximate surface area is 161 Å². The van der Waals surface area contributed by atoms with Crippen molar-refractivity contribution in [3.05, 3.63) is 70.9 Å². The molecule has 1 aromatic heterocycles. The highest BCUT2D eigenvalue weighted by atomic mass is 32.1. The zero-order valence-corrected chi connectivity index (χ0v) is 15.8. The molecule has 0 aliphatic heterocycles. The minimum Gasteiger partial charge on any atom is -0.370 e. The highest BCUT2D eigenvalue weighted by Gasteiger charge is 2.32. The number of thiophene rings is 1. The van der Waals surface area contributed by atoms with Gasteiger partial charge in [-0.3, -0.25) is 9.59 Å². The van der Waals surface area contributed by atoms with Gasteiger partial charge in [-0.15, -0.1) is 11.3 Å². The molecule has 3 N–H and O–H groups in total. The van der Waals surface area contributed by atoms with Gasteiger partial charge in [0.15, 0.2) is 0 Å². The number of benzene rings is 2. The Morgan fingerprint density at radius 3 is 2.56 bits per heavy atom. The molecule has 0 aliphatic carbocycles. The van der Waals surface area contributed by atoms with Crippen molar-refractivity contribution in [2.24, 2.45) is 11.7 Å². The second-order valence-corrected chi connectivity index (χ2v) is 7.39. The summed E-state index contributed by atoms with van der Waals surface area (Å²) < 4.78 is 15.3. The molecule has 0 saturated heterocycles. The number of nitrogens with two attached hydrogens (primary N) is 1. The number of rotatable bonds is 7. The Morgan fingerprint density at radius 2 is 1.85 bits per heavy atom. The van der Waals surface area contributed by atoms with Crippen LogP contribution in [0.1, 0.15) is 23.5 Å². The van der Waals surface area contributed by atoms with E-state index in [0.717, 1.165) is 15.6 Å². The Morgan fingerprint density at radius 1 is 1.15 bits per heavy atom. The van der Waals surface area contributed by atoms with Gasteiger partial charge in [0.2, 0.25) is 11.8 Å². The lowest BCUT2D eigenvalue weighted by molar-refractivity contribution is -0.125. The van der Waals surface area contributed by atoms with E-state index in [1.165, 1.54) is 6.07 Å². The normalized spacial score (nSPS) is 13.3. The average Bonchev–Trinajstić information content (AvgIpc) is 3.09. The molecule has 6 heteroatoms. The fourth-order valence-corrected chi connectivity index (χ4v) is 4.50. The molecule has 2 aromatic carbocycles. The molecule has 27 heavy (non-hydrogen) atoms. The van der Waals surface area contributed by atoms with Crippen LogP contribution in [0.2, 0.25) is 0 Å². The number of carbonyl (C=O) groups is 2. The lowest BCUT2D eigenvalue weighted by atomic mass is 9.79. The van der Waals surface area contributed by atoms with Crippen LogP contribution in [0.5, 0.6) is 0 Å². The van der Waals surface area contributed by atoms with Crippen LogP contribution in [0.15, 0.2) is 53.9 Å². The van der Waals surface area contributed by atoms with Crippen molar-refractivity contribution in [3.63, 3.8) is 0 Å². The third kappa shape index (κ3) is 4.17. The molecular weight excluding hydrogens is 363 g/mol. The van der Waals surface area contributed by atoms with Crippen LogP contribution in [0.3, 0.4) is 0 Å². The zero-order valence-electron chi connectivity index (χ0n) is 14.9. The molecule has 3 rings (SSSR count). The van der Waals surface area contributed by atoms with Crippen molar-refractivity contribution in [1.82, 2.24) is 5.32 Å². The Kier molecular flexibility index (Phi) is 5.86. The summed E-state index contributed by atoms with van der Waals surface area (Å²) in [5.74, 6) is -2.13. The van der Waals surface area contributed by atoms with E-state index in [-0.39, 0.29) is 24.6 Å². The second kappa shape index (κ2) is 8.31. The highest BCUT2D eigenvalue weighted by molar-refractivity contribution is 7.17. The van der Waals surface area contributed by atoms with Crippen LogP contribution in [-0.4, -0.2) is 18.9 Å². The first-order valence-corrected chi connectivity index (χ1v) is 9.58. The third-order valence-corrected chi connectivity index (χ3v) is 5.78. The van der Waals surface area contributed by atoms with Gasteiger partial charge in [-0.2, -0.15) is 0 Å². The van der Waals surface area contributed by atoms with Crippen LogP contribution in [0.4, 0.5) is 4.39 Å². The Balaban J connectivity index is 2.07. The first kappa shape index (κ1) is 19.0. The number of hydrogen-bond donors (Lipinski definition) is 2. The summed E-state index contributed by atoms with van der Waals surface area (Å²) in [5, 5.41) is 5.62. The molecule has 0 fully saturated rings. The smallest absolute Gasteiger partial charge is 0.223 e. The summed E-state index contributed by atoms with van der Waals surface area (Å²) in [4.78, 5) is 24.5. The van der Waals surface area contributed by atoms with Crippen molar-refractivity contribution >= 4 is 33.2 Å². The maximum Gasteiger partial charge on any atom is 0.223 e. The summed E-state index contributed by atoms with van der Waals surface area (Å²) in [6.07, 6.45) is 0.210. The van der Waals surface area contributed by atoms with Gasteiger partial charge in [0.05, 0.1) is 0 Å². The third-order valence-electron chi connectivity index (χ3n) is 4.80. The minimum atomic E-state index is -0.614. The molecule has 0 saturated carbocycles. The first-order chi connectivity index (χ1) is 13.0. The van der Waals surface area contributed by atoms with Gasteiger partial charge in [-0.25, -0.2) is 4.39 Å². The van der Waals surface area contributed by atoms with Crippen molar-refractivity contribution < 1.29 is 14.0 Å². The van der Waals surface area contributed by atoms with Gasteiger partial charge in [0, 0.05) is 30.0 Å². The fraction of sp³-hybridized carbons (Fsp3) is 0.238. The minimum absolute atomic E-state index is 0.0211. The molecule has 0 spiro atoms. The molecule has 4 nitrogen and oxygen atoms in total. The van der Waals surface area contributed by atoms with Crippen LogP contribution < -0.4 is 11.1 Å².